The molecule has 0 heterocycles. The Morgan fingerprint density at radius 3 is 2.25 bits per heavy atom. The molecule has 0 atom stereocenters. The van der Waals surface area contributed by atoms with E-state index in [1.807, 2.05) is 0 Å². The van der Waals surface area contributed by atoms with Gasteiger partial charge in [0.25, 0.3) is 0 Å². The molecule has 0 aliphatic carbocycles. The fourth-order valence-corrected chi connectivity index (χ4v) is 0.535. The molecule has 0 aromatic carbocycles. The second-order valence-electron chi connectivity index (χ2n) is 2.04. The van der Waals surface area contributed by atoms with Gasteiger partial charge in [0.05, 0.1) is 7.11 Å². The Morgan fingerprint density at radius 2 is 1.92 bits per heavy atom. The SMILES string of the molecule is COC(=O)CCCC(F)(F)F.Cl. The van der Waals surface area contributed by atoms with Crippen molar-refractivity contribution in [1.82, 2.24) is 0 Å². The van der Waals surface area contributed by atoms with Gasteiger partial charge in [0.2, 0.25) is 0 Å². The average Bonchev–Trinajstić information content (AvgIpc) is 1.85. The van der Waals surface area contributed by atoms with E-state index in [9.17, 15) is 18.0 Å². The number of hydrogen-bond acceptors (Lipinski definition) is 2. The third kappa shape index (κ3) is 9.55. The van der Waals surface area contributed by atoms with Gasteiger partial charge in [0.15, 0.2) is 0 Å². The van der Waals surface area contributed by atoms with Crippen molar-refractivity contribution < 1.29 is 22.7 Å². The van der Waals surface area contributed by atoms with Crippen molar-refractivity contribution in [3.8, 4) is 0 Å². The van der Waals surface area contributed by atoms with E-state index in [4.69, 9.17) is 0 Å². The molecule has 0 rings (SSSR count). The highest BCUT2D eigenvalue weighted by Crippen LogP contribution is 2.22. The van der Waals surface area contributed by atoms with Crippen LogP contribution in [0.1, 0.15) is 19.3 Å². The van der Waals surface area contributed by atoms with Crippen LogP contribution in [0, 0.1) is 0 Å². The normalized spacial score (nSPS) is 10.3. The number of halogens is 4. The molecule has 74 valence electrons. The van der Waals surface area contributed by atoms with Crippen LogP contribution in [0.4, 0.5) is 13.2 Å². The number of ether oxygens (including phenoxy) is 1. The van der Waals surface area contributed by atoms with Crippen LogP contribution in [-0.2, 0) is 9.53 Å². The van der Waals surface area contributed by atoms with Crippen LogP contribution in [0.5, 0.6) is 0 Å². The summed E-state index contributed by atoms with van der Waals surface area (Å²) in [5.41, 5.74) is 0. The lowest BCUT2D eigenvalue weighted by atomic mass is 10.2. The van der Waals surface area contributed by atoms with Crippen LogP contribution in [0.2, 0.25) is 0 Å². The molecule has 0 N–H and O–H groups in total. The molecule has 0 radical (unpaired) electrons. The van der Waals surface area contributed by atoms with Crippen molar-refractivity contribution in [3.63, 3.8) is 0 Å². The first-order valence-electron chi connectivity index (χ1n) is 3.09. The summed E-state index contributed by atoms with van der Waals surface area (Å²) in [7, 11) is 1.15. The molecule has 0 fully saturated rings. The Kier molecular flexibility index (Phi) is 7.18. The van der Waals surface area contributed by atoms with Gasteiger partial charge in [0.1, 0.15) is 0 Å². The maximum Gasteiger partial charge on any atom is 0.389 e. The average molecular weight is 207 g/mol. The first kappa shape index (κ1) is 14.1. The van der Waals surface area contributed by atoms with E-state index in [1.165, 1.54) is 0 Å². The van der Waals surface area contributed by atoms with E-state index in [-0.39, 0.29) is 25.2 Å². The van der Waals surface area contributed by atoms with Crippen molar-refractivity contribution in [1.29, 1.82) is 0 Å². The predicted octanol–water partition coefficient (Wildman–Crippen LogP) is 2.31. The fourth-order valence-electron chi connectivity index (χ4n) is 0.535. The first-order valence-corrected chi connectivity index (χ1v) is 3.09. The van der Waals surface area contributed by atoms with Gasteiger partial charge < -0.3 is 4.74 Å². The fraction of sp³-hybridized carbons (Fsp3) is 0.833. The molecule has 0 bridgehead atoms. The second-order valence-corrected chi connectivity index (χ2v) is 2.04. The van der Waals surface area contributed by atoms with Gasteiger partial charge in [-0.2, -0.15) is 13.2 Å². The van der Waals surface area contributed by atoms with E-state index < -0.39 is 18.6 Å². The molecule has 0 aliphatic heterocycles. The smallest absolute Gasteiger partial charge is 0.389 e. The van der Waals surface area contributed by atoms with Gasteiger partial charge in [-0.1, -0.05) is 0 Å². The number of esters is 1. The quantitative estimate of drug-likeness (QED) is 0.663. The van der Waals surface area contributed by atoms with Gasteiger partial charge >= 0.3 is 12.1 Å². The highest BCUT2D eigenvalue weighted by atomic mass is 35.5. The number of carbonyl (C=O) groups is 1. The summed E-state index contributed by atoms with van der Waals surface area (Å²) in [4.78, 5) is 10.3. The highest BCUT2D eigenvalue weighted by Gasteiger charge is 2.26. The lowest BCUT2D eigenvalue weighted by Gasteiger charge is -2.03. The number of carbonyl (C=O) groups excluding carboxylic acids is 1. The van der Waals surface area contributed by atoms with Crippen LogP contribution in [0.25, 0.3) is 0 Å². The van der Waals surface area contributed by atoms with Crippen LogP contribution >= 0.6 is 12.4 Å². The van der Waals surface area contributed by atoms with E-state index in [0.717, 1.165) is 7.11 Å². The Balaban J connectivity index is 0. The number of alkyl halides is 3. The number of rotatable bonds is 3. The molecular weight excluding hydrogens is 197 g/mol. The van der Waals surface area contributed by atoms with Crippen LogP contribution in [0.15, 0.2) is 0 Å². The van der Waals surface area contributed by atoms with Gasteiger partial charge in [-0.3, -0.25) is 4.79 Å². The lowest BCUT2D eigenvalue weighted by Crippen LogP contribution is -2.08. The molecule has 0 spiro atoms. The molecule has 6 heteroatoms. The number of methoxy groups -OCH3 is 1. The zero-order chi connectivity index (χ0) is 8.91. The standard InChI is InChI=1S/C6H9F3O2.ClH/c1-11-5(10)3-2-4-6(7,8)9;/h2-4H2,1H3;1H. The zero-order valence-corrected chi connectivity index (χ0v) is 7.30. The Hall–Kier alpha value is -0.450. The molecule has 12 heavy (non-hydrogen) atoms. The van der Waals surface area contributed by atoms with Gasteiger partial charge in [-0.25, -0.2) is 0 Å². The summed E-state index contributed by atoms with van der Waals surface area (Å²) in [6, 6.07) is 0. The van der Waals surface area contributed by atoms with E-state index in [1.54, 1.807) is 0 Å². The molecule has 0 aromatic heterocycles. The van der Waals surface area contributed by atoms with Gasteiger partial charge in [0, 0.05) is 12.8 Å². The largest absolute Gasteiger partial charge is 0.469 e. The minimum absolute atomic E-state index is 0. The monoisotopic (exact) mass is 206 g/mol. The maximum absolute atomic E-state index is 11.5. The first-order chi connectivity index (χ1) is 4.95. The van der Waals surface area contributed by atoms with Crippen molar-refractivity contribution >= 4 is 18.4 Å². The van der Waals surface area contributed by atoms with Gasteiger partial charge in [-0.15, -0.1) is 12.4 Å². The summed E-state index contributed by atoms with van der Waals surface area (Å²) in [5, 5.41) is 0. The van der Waals surface area contributed by atoms with E-state index in [0.29, 0.717) is 0 Å². The summed E-state index contributed by atoms with van der Waals surface area (Å²) < 4.78 is 38.5. The Bertz CT molecular complexity index is 135. The van der Waals surface area contributed by atoms with Crippen molar-refractivity contribution in [2.75, 3.05) is 7.11 Å². The maximum atomic E-state index is 11.5. The zero-order valence-electron chi connectivity index (χ0n) is 6.48. The van der Waals surface area contributed by atoms with Crippen LogP contribution in [0.3, 0.4) is 0 Å². The summed E-state index contributed by atoms with van der Waals surface area (Å²) in [6.07, 6.45) is -5.47. The molecule has 0 saturated carbocycles. The molecule has 2 nitrogen and oxygen atoms in total. The van der Waals surface area contributed by atoms with E-state index in [2.05, 4.69) is 4.74 Å². The lowest BCUT2D eigenvalue weighted by molar-refractivity contribution is -0.145. The third-order valence-electron chi connectivity index (χ3n) is 1.07. The Labute approximate surface area is 74.5 Å². The van der Waals surface area contributed by atoms with Gasteiger partial charge in [-0.05, 0) is 6.42 Å². The minimum Gasteiger partial charge on any atom is -0.469 e. The minimum atomic E-state index is -4.17. The molecular formula is C6H10ClF3O2. The number of hydrogen-bond donors (Lipinski definition) is 0. The molecule has 0 saturated heterocycles. The van der Waals surface area contributed by atoms with Crippen molar-refractivity contribution in [2.24, 2.45) is 0 Å². The molecule has 0 unspecified atom stereocenters. The third-order valence-corrected chi connectivity index (χ3v) is 1.07. The second kappa shape index (κ2) is 6.11. The molecule has 0 amide bonds. The molecule has 0 aliphatic rings. The van der Waals surface area contributed by atoms with Crippen LogP contribution < -0.4 is 0 Å². The van der Waals surface area contributed by atoms with E-state index >= 15 is 0 Å². The topological polar surface area (TPSA) is 26.3 Å². The molecule has 0 aromatic rings. The summed E-state index contributed by atoms with van der Waals surface area (Å²) in [6.45, 7) is 0. The Morgan fingerprint density at radius 1 is 1.42 bits per heavy atom. The van der Waals surface area contributed by atoms with Crippen molar-refractivity contribution in [2.45, 2.75) is 25.4 Å². The summed E-state index contributed by atoms with van der Waals surface area (Å²) >= 11 is 0. The predicted molar refractivity (Wildman–Crippen MR) is 39.2 cm³/mol. The summed E-state index contributed by atoms with van der Waals surface area (Å²) in [5.74, 6) is -0.603. The van der Waals surface area contributed by atoms with Crippen molar-refractivity contribution in [3.05, 3.63) is 0 Å². The highest BCUT2D eigenvalue weighted by molar-refractivity contribution is 5.85. The van der Waals surface area contributed by atoms with Crippen LogP contribution in [-0.4, -0.2) is 19.3 Å².